The number of nitrogens with one attached hydrogen (secondary N) is 1. The maximum atomic E-state index is 13.1. The number of hydrogen-bond donors (Lipinski definition) is 1. The van der Waals surface area contributed by atoms with Gasteiger partial charge in [-0.15, -0.1) is 0 Å². The van der Waals surface area contributed by atoms with Gasteiger partial charge in [0.1, 0.15) is 5.82 Å². The molecule has 0 spiro atoms. The lowest BCUT2D eigenvalue weighted by atomic mass is 10.0. The Morgan fingerprint density at radius 2 is 2.05 bits per heavy atom. The molecule has 2 nitrogen and oxygen atoms in total. The molecule has 100 valence electrons. The number of H-pyrrole nitrogens is 1. The molecule has 3 rings (SSSR count). The van der Waals surface area contributed by atoms with Gasteiger partial charge in [-0.05, 0) is 35.9 Å². The lowest BCUT2D eigenvalue weighted by Crippen LogP contribution is -2.03. The molecule has 1 aromatic heterocycles. The Balaban J connectivity index is 1.94. The molecule has 2 aromatic carbocycles. The van der Waals surface area contributed by atoms with Gasteiger partial charge in [0.05, 0.1) is 0 Å². The van der Waals surface area contributed by atoms with Crippen LogP contribution in [-0.2, 0) is 6.42 Å². The average Bonchev–Trinajstić information content (AvgIpc) is 2.81. The fourth-order valence-corrected chi connectivity index (χ4v) is 2.61. The number of aromatic amines is 1. The molecular formula is C16H11BrFNO. The smallest absolute Gasteiger partial charge is 0.169 e. The third kappa shape index (κ3) is 2.51. The Morgan fingerprint density at radius 1 is 1.20 bits per heavy atom. The number of halogens is 2. The van der Waals surface area contributed by atoms with Crippen LogP contribution in [0, 0.1) is 5.82 Å². The van der Waals surface area contributed by atoms with Crippen molar-refractivity contribution in [2.45, 2.75) is 6.42 Å². The standard InChI is InChI=1S/C16H11BrFNO/c17-11-4-5-15-13(8-11)14(9-19-15)16(20)7-10-2-1-3-12(18)6-10/h1-6,8-9,19H,7H2. The topological polar surface area (TPSA) is 32.9 Å². The average molecular weight is 332 g/mol. The predicted octanol–water partition coefficient (Wildman–Crippen LogP) is 4.49. The van der Waals surface area contributed by atoms with Gasteiger partial charge in [0.15, 0.2) is 5.78 Å². The van der Waals surface area contributed by atoms with Crippen LogP contribution in [-0.4, -0.2) is 10.8 Å². The van der Waals surface area contributed by atoms with Crippen LogP contribution >= 0.6 is 15.9 Å². The normalized spacial score (nSPS) is 10.9. The molecule has 20 heavy (non-hydrogen) atoms. The Morgan fingerprint density at radius 3 is 2.85 bits per heavy atom. The number of carbonyl (C=O) groups is 1. The van der Waals surface area contributed by atoms with E-state index in [0.29, 0.717) is 11.1 Å². The van der Waals surface area contributed by atoms with Gasteiger partial charge < -0.3 is 4.98 Å². The second-order valence-corrected chi connectivity index (χ2v) is 5.54. The summed E-state index contributed by atoms with van der Waals surface area (Å²) in [6.07, 6.45) is 1.90. The minimum absolute atomic E-state index is 0.0278. The molecule has 0 aliphatic carbocycles. The summed E-state index contributed by atoms with van der Waals surface area (Å²) in [7, 11) is 0. The second kappa shape index (κ2) is 5.21. The lowest BCUT2D eigenvalue weighted by molar-refractivity contribution is 0.0994. The molecule has 0 amide bonds. The van der Waals surface area contributed by atoms with Crippen LogP contribution < -0.4 is 0 Å². The number of aromatic nitrogens is 1. The van der Waals surface area contributed by atoms with Crippen LogP contribution in [0.4, 0.5) is 4.39 Å². The van der Waals surface area contributed by atoms with Crippen LogP contribution in [0.3, 0.4) is 0 Å². The van der Waals surface area contributed by atoms with Gasteiger partial charge in [-0.3, -0.25) is 4.79 Å². The molecule has 0 atom stereocenters. The van der Waals surface area contributed by atoms with E-state index in [4.69, 9.17) is 0 Å². The fraction of sp³-hybridized carbons (Fsp3) is 0.0625. The van der Waals surface area contributed by atoms with E-state index in [9.17, 15) is 9.18 Å². The van der Waals surface area contributed by atoms with Gasteiger partial charge in [-0.1, -0.05) is 28.1 Å². The number of fused-ring (bicyclic) bond motifs is 1. The van der Waals surface area contributed by atoms with Crippen LogP contribution in [0.1, 0.15) is 15.9 Å². The third-order valence-corrected chi connectivity index (χ3v) is 3.69. The second-order valence-electron chi connectivity index (χ2n) is 4.62. The molecule has 0 fully saturated rings. The van der Waals surface area contributed by atoms with Crippen molar-refractivity contribution in [3.63, 3.8) is 0 Å². The van der Waals surface area contributed by atoms with Crippen molar-refractivity contribution in [3.8, 4) is 0 Å². The number of carbonyl (C=O) groups excluding carboxylic acids is 1. The zero-order chi connectivity index (χ0) is 14.1. The summed E-state index contributed by atoms with van der Waals surface area (Å²) in [6.45, 7) is 0. The monoisotopic (exact) mass is 331 g/mol. The van der Waals surface area contributed by atoms with Crippen LogP contribution in [0.2, 0.25) is 0 Å². The van der Waals surface area contributed by atoms with Crippen molar-refractivity contribution >= 4 is 32.6 Å². The van der Waals surface area contributed by atoms with Crippen molar-refractivity contribution in [1.82, 2.24) is 4.98 Å². The highest BCUT2D eigenvalue weighted by atomic mass is 79.9. The Labute approximate surface area is 123 Å². The Kier molecular flexibility index (Phi) is 3.40. The van der Waals surface area contributed by atoms with Crippen molar-refractivity contribution in [2.24, 2.45) is 0 Å². The van der Waals surface area contributed by atoms with Gasteiger partial charge in [0, 0.05) is 33.6 Å². The quantitative estimate of drug-likeness (QED) is 0.704. The van der Waals surface area contributed by atoms with E-state index in [2.05, 4.69) is 20.9 Å². The van der Waals surface area contributed by atoms with E-state index >= 15 is 0 Å². The largest absolute Gasteiger partial charge is 0.360 e. The summed E-state index contributed by atoms with van der Waals surface area (Å²) in [5.74, 6) is -0.350. The van der Waals surface area contributed by atoms with Crippen molar-refractivity contribution < 1.29 is 9.18 Å². The van der Waals surface area contributed by atoms with Crippen molar-refractivity contribution in [1.29, 1.82) is 0 Å². The SMILES string of the molecule is O=C(Cc1cccc(F)c1)c1c[nH]c2ccc(Br)cc12. The molecule has 3 aromatic rings. The predicted molar refractivity (Wildman–Crippen MR) is 80.4 cm³/mol. The number of ketones is 1. The van der Waals surface area contributed by atoms with E-state index in [1.54, 1.807) is 18.3 Å². The van der Waals surface area contributed by atoms with Crippen LogP contribution in [0.5, 0.6) is 0 Å². The fourth-order valence-electron chi connectivity index (χ4n) is 2.25. The molecule has 0 saturated heterocycles. The summed E-state index contributed by atoms with van der Waals surface area (Å²) >= 11 is 3.40. The highest BCUT2D eigenvalue weighted by Crippen LogP contribution is 2.24. The van der Waals surface area contributed by atoms with E-state index in [-0.39, 0.29) is 18.0 Å². The van der Waals surface area contributed by atoms with E-state index in [0.717, 1.165) is 15.4 Å². The molecular weight excluding hydrogens is 321 g/mol. The van der Waals surface area contributed by atoms with Gasteiger partial charge in [-0.25, -0.2) is 4.39 Å². The highest BCUT2D eigenvalue weighted by molar-refractivity contribution is 9.10. The molecule has 0 aliphatic heterocycles. The van der Waals surface area contributed by atoms with Crippen molar-refractivity contribution in [3.05, 3.63) is 70.1 Å². The first-order valence-electron chi connectivity index (χ1n) is 6.18. The van der Waals surface area contributed by atoms with E-state index in [1.165, 1.54) is 12.1 Å². The third-order valence-electron chi connectivity index (χ3n) is 3.20. The summed E-state index contributed by atoms with van der Waals surface area (Å²) in [5.41, 5.74) is 2.22. The Hall–Kier alpha value is -1.94. The van der Waals surface area contributed by atoms with E-state index < -0.39 is 0 Å². The molecule has 0 aliphatic rings. The minimum atomic E-state index is -0.322. The molecule has 0 radical (unpaired) electrons. The number of rotatable bonds is 3. The molecule has 1 heterocycles. The van der Waals surface area contributed by atoms with E-state index in [1.807, 2.05) is 18.2 Å². The zero-order valence-electron chi connectivity index (χ0n) is 10.5. The molecule has 0 bridgehead atoms. The number of Topliss-reactive ketones (excluding diaryl/α,β-unsaturated/α-hetero) is 1. The summed E-state index contributed by atoms with van der Waals surface area (Å²) < 4.78 is 14.1. The first-order chi connectivity index (χ1) is 9.63. The summed E-state index contributed by atoms with van der Waals surface area (Å²) in [5, 5.41) is 0.876. The van der Waals surface area contributed by atoms with Crippen LogP contribution in [0.25, 0.3) is 10.9 Å². The van der Waals surface area contributed by atoms with Gasteiger partial charge in [0.2, 0.25) is 0 Å². The van der Waals surface area contributed by atoms with Gasteiger partial charge in [-0.2, -0.15) is 0 Å². The molecule has 0 unspecified atom stereocenters. The highest BCUT2D eigenvalue weighted by Gasteiger charge is 2.13. The number of hydrogen-bond acceptors (Lipinski definition) is 1. The minimum Gasteiger partial charge on any atom is -0.360 e. The van der Waals surface area contributed by atoms with Crippen molar-refractivity contribution in [2.75, 3.05) is 0 Å². The first-order valence-corrected chi connectivity index (χ1v) is 6.97. The molecule has 0 saturated carbocycles. The maximum absolute atomic E-state index is 13.1. The Bertz CT molecular complexity index is 794. The van der Waals surface area contributed by atoms with Gasteiger partial charge >= 0.3 is 0 Å². The first kappa shape index (κ1) is 13.1. The zero-order valence-corrected chi connectivity index (χ0v) is 12.1. The molecule has 1 N–H and O–H groups in total. The lowest BCUT2D eigenvalue weighted by Gasteiger charge is -2.01. The summed E-state index contributed by atoms with van der Waals surface area (Å²) in [6, 6.07) is 11.9. The van der Waals surface area contributed by atoms with Crippen LogP contribution in [0.15, 0.2) is 53.1 Å². The van der Waals surface area contributed by atoms with Gasteiger partial charge in [0.25, 0.3) is 0 Å². The maximum Gasteiger partial charge on any atom is 0.169 e. The molecule has 4 heteroatoms. The summed E-state index contributed by atoms with van der Waals surface area (Å²) in [4.78, 5) is 15.4. The number of benzene rings is 2.